The summed E-state index contributed by atoms with van der Waals surface area (Å²) in [5.41, 5.74) is 0.168. The van der Waals surface area contributed by atoms with Gasteiger partial charge in [-0.05, 0) is 0 Å². The highest BCUT2D eigenvalue weighted by Gasteiger charge is 1.71. The van der Waals surface area contributed by atoms with Crippen LogP contribution in [0.15, 0.2) is 0 Å². The lowest BCUT2D eigenvalue weighted by Crippen LogP contribution is -1.82. The van der Waals surface area contributed by atoms with Crippen LogP contribution < -0.4 is 0 Å². The molecule has 1 radical (unpaired) electrons. The average Bonchev–Trinajstić information content (AvgIpc) is 1.69. The summed E-state index contributed by atoms with van der Waals surface area (Å²) < 4.78 is 16.8. The van der Waals surface area contributed by atoms with Crippen LogP contribution in [0, 0.1) is 0 Å². The summed E-state index contributed by atoms with van der Waals surface area (Å²) in [4.78, 5) is 0. The minimum atomic E-state index is -1.42. The highest BCUT2D eigenvalue weighted by molar-refractivity contribution is 7.08. The van der Waals surface area contributed by atoms with E-state index in [0.717, 1.165) is 0 Å². The fourth-order valence-corrected chi connectivity index (χ4v) is 0. The minimum Gasteiger partial charge on any atom is -0.411 e. The Hall–Kier alpha value is 0.682. The van der Waals surface area contributed by atoms with Crippen molar-refractivity contribution in [2.75, 3.05) is 5.47 Å². The van der Waals surface area contributed by atoms with Crippen molar-refractivity contribution in [2.24, 2.45) is 0 Å². The Kier molecular flexibility index (Phi) is 24.2. The van der Waals surface area contributed by atoms with Gasteiger partial charge in [0.2, 0.25) is 0 Å². The molecule has 0 unspecified atom stereocenters. The Morgan fingerprint density at radius 1 is 1.71 bits per heavy atom. The molecule has 0 saturated heterocycles. The molecule has 1 N–H and O–H groups in total. The van der Waals surface area contributed by atoms with Crippen LogP contribution in [0.2, 0.25) is 0 Å². The molecular weight excluding hydrogens is 153 g/mol. The van der Waals surface area contributed by atoms with Gasteiger partial charge in [0.25, 0.3) is 0 Å². The third kappa shape index (κ3) is 51.8. The van der Waals surface area contributed by atoms with E-state index >= 15 is 0 Å². The Bertz CT molecular complexity index is 50.9. The molecule has 0 saturated carbocycles. The molecule has 0 bridgehead atoms. The van der Waals surface area contributed by atoms with Crippen LogP contribution in [0.1, 0.15) is 0 Å². The zero-order valence-corrected chi connectivity index (χ0v) is 6.34. The summed E-state index contributed by atoms with van der Waals surface area (Å²) in [5, 5.41) is 7.78. The topological polar surface area (TPSA) is 54.4 Å². The maximum absolute atomic E-state index is 8.40. The van der Waals surface area contributed by atoms with E-state index in [0.29, 0.717) is 0 Å². The summed E-state index contributed by atoms with van der Waals surface area (Å²) in [6.07, 6.45) is 0. The van der Waals surface area contributed by atoms with Crippen molar-refractivity contribution in [3.63, 3.8) is 0 Å². The van der Waals surface area contributed by atoms with Gasteiger partial charge in [0, 0.05) is 5.47 Å². The van der Waals surface area contributed by atoms with Crippen LogP contribution in [0.4, 0.5) is 0 Å². The molecule has 0 aliphatic carbocycles. The van der Waals surface area contributed by atoms with Crippen molar-refractivity contribution >= 4 is 32.7 Å². The van der Waals surface area contributed by atoms with Gasteiger partial charge in [-0.25, -0.2) is 9.13 Å². The second kappa shape index (κ2) is 15.9. The molecule has 0 aliphatic heterocycles. The van der Waals surface area contributed by atoms with E-state index in [2.05, 4.69) is 0 Å². The van der Waals surface area contributed by atoms with Crippen molar-refractivity contribution in [1.82, 2.24) is 0 Å². The first-order chi connectivity index (χ1) is 3.33. The number of rotatable bonds is 1. The molecule has 6 heteroatoms. The first-order valence-electron chi connectivity index (χ1n) is 1.35. The molecule has 0 aromatic heterocycles. The molecule has 0 aromatic carbocycles. The second-order valence-electron chi connectivity index (χ2n) is 0.420. The molecule has 0 heterocycles. The van der Waals surface area contributed by atoms with Gasteiger partial charge in [-0.2, -0.15) is 0 Å². The van der Waals surface area contributed by atoms with Gasteiger partial charge in [-0.3, -0.25) is 10.0 Å². The lowest BCUT2D eigenvalue weighted by atomic mass is 11.7. The fraction of sp³-hybridized carbons (Fsp3) is 1.00. The molecule has 0 atom stereocenters. The highest BCUT2D eigenvalue weighted by Crippen LogP contribution is 1.57. The standard InChI is InChI=1S/CH3O.Al.ClH.HO2P/c1-2;;;1-3-2/h2H,1H2;;1H;3H/q;+1;;/p-1. The van der Waals surface area contributed by atoms with E-state index in [1.807, 2.05) is 0 Å². The Morgan fingerprint density at radius 2 is 1.86 bits per heavy atom. The quantitative estimate of drug-likeness (QED) is 0.435. The normalized spacial score (nSPS) is 5.43. The van der Waals surface area contributed by atoms with E-state index in [9.17, 15) is 0 Å². The Balaban J connectivity index is 0. The van der Waals surface area contributed by atoms with Crippen LogP contribution in [0.25, 0.3) is 0 Å². The summed E-state index contributed by atoms with van der Waals surface area (Å²) in [6, 6.07) is 0. The van der Waals surface area contributed by atoms with Crippen LogP contribution >= 0.6 is 18.4 Å². The van der Waals surface area contributed by atoms with Gasteiger partial charge < -0.3 is 5.11 Å². The highest BCUT2D eigenvalue weighted by atomic mass is 35.6. The molecule has 0 rings (SSSR count). The summed E-state index contributed by atoms with van der Waals surface area (Å²) in [7, 11) is 3.60. The smallest absolute Gasteiger partial charge is 0.390 e. The number of aliphatic hydroxyl groups is 1. The van der Waals surface area contributed by atoms with Crippen LogP contribution in [0.5, 0.6) is 0 Å². The third-order valence-corrected chi connectivity index (χ3v) is 0.621. The average molecular weight is 157 g/mol. The van der Waals surface area contributed by atoms with E-state index < -0.39 is 8.34 Å². The molecule has 0 aromatic rings. The maximum atomic E-state index is 8.40. The first kappa shape index (κ1) is 10.6. The van der Waals surface area contributed by atoms with Gasteiger partial charge in [-0.15, -0.1) is 0 Å². The van der Waals surface area contributed by atoms with Gasteiger partial charge in [0.05, 0.1) is 0 Å². The maximum Gasteiger partial charge on any atom is 0.390 e. The van der Waals surface area contributed by atoms with Crippen molar-refractivity contribution < 1.29 is 14.2 Å². The van der Waals surface area contributed by atoms with Crippen molar-refractivity contribution in [1.29, 1.82) is 0 Å². The van der Waals surface area contributed by atoms with Crippen molar-refractivity contribution in [3.05, 3.63) is 0 Å². The zero-order chi connectivity index (χ0) is 6.12. The SMILES string of the molecule is O=[PH]=O.O[CH2][Al][Cl]. The van der Waals surface area contributed by atoms with E-state index in [-0.39, 0.29) is 19.8 Å². The van der Waals surface area contributed by atoms with Crippen molar-refractivity contribution in [3.8, 4) is 0 Å². The second-order valence-corrected chi connectivity index (χ2v) is 2.19. The molecule has 0 fully saturated rings. The van der Waals surface area contributed by atoms with Crippen LogP contribution in [-0.2, 0) is 9.13 Å². The fourth-order valence-electron chi connectivity index (χ4n) is 0. The largest absolute Gasteiger partial charge is 0.411 e. The van der Waals surface area contributed by atoms with Gasteiger partial charge >= 0.3 is 22.6 Å². The van der Waals surface area contributed by atoms with Gasteiger partial charge in [0.1, 0.15) is 0 Å². The Labute approximate surface area is 52.8 Å². The lowest BCUT2D eigenvalue weighted by molar-refractivity contribution is 0.368. The van der Waals surface area contributed by atoms with Crippen LogP contribution in [0.3, 0.4) is 0 Å². The van der Waals surface area contributed by atoms with E-state index in [4.69, 9.17) is 24.3 Å². The van der Waals surface area contributed by atoms with Crippen molar-refractivity contribution in [2.45, 2.75) is 0 Å². The third-order valence-electron chi connectivity index (χ3n) is 0.0690. The predicted molar refractivity (Wildman–Crippen MR) is 28.4 cm³/mol. The molecular formula is CH4AlClO3P. The number of hydrogen-bond acceptors (Lipinski definition) is 3. The molecule has 0 aliphatic rings. The van der Waals surface area contributed by atoms with Gasteiger partial charge in [0.15, 0.2) is 0 Å². The zero-order valence-electron chi connectivity index (χ0n) is 3.43. The predicted octanol–water partition coefficient (Wildman–Crippen LogP) is 0.150. The van der Waals surface area contributed by atoms with E-state index in [1.165, 1.54) is 0 Å². The number of halogens is 1. The van der Waals surface area contributed by atoms with Gasteiger partial charge in [-0.1, -0.05) is 0 Å². The van der Waals surface area contributed by atoms with Crippen LogP contribution in [-0.4, -0.2) is 24.9 Å². The number of hydrogen-bond donors (Lipinski definition) is 1. The summed E-state index contributed by atoms with van der Waals surface area (Å²) in [6.45, 7) is 0. The molecule has 41 valence electrons. The first-order valence-corrected chi connectivity index (χ1v) is 4.73. The number of aliphatic hydroxyl groups excluding tert-OH is 1. The molecule has 3 nitrogen and oxygen atoms in total. The lowest BCUT2D eigenvalue weighted by Gasteiger charge is -1.62. The molecule has 0 spiro atoms. The molecule has 7 heavy (non-hydrogen) atoms. The van der Waals surface area contributed by atoms with E-state index in [1.54, 1.807) is 0 Å². The monoisotopic (exact) mass is 157 g/mol. The summed E-state index contributed by atoms with van der Waals surface area (Å²) in [5.74, 6) is 0. The Morgan fingerprint density at radius 3 is 1.86 bits per heavy atom. The summed E-state index contributed by atoms with van der Waals surface area (Å²) >= 11 is -0.190. The minimum absolute atomic E-state index is 0.168. The molecule has 0 amide bonds.